The second-order valence-electron chi connectivity index (χ2n) is 12.7. The molecule has 2 aliphatic rings. The summed E-state index contributed by atoms with van der Waals surface area (Å²) in [5.41, 5.74) is 2.73. The SMILES string of the molecule is COC1C[C@H]2[C@H](CC(=CO[Si](C)(C)C)[C@@H]2/C=C/[C@H](CCc2ccccc2)CC(C)(C)[Si](C)(C)O)O1. The van der Waals surface area contributed by atoms with Crippen LogP contribution in [0, 0.1) is 17.8 Å². The van der Waals surface area contributed by atoms with Crippen molar-refractivity contribution in [3.63, 3.8) is 0 Å². The number of benzene rings is 1. The molecular weight excluding hydrogens is 468 g/mol. The summed E-state index contributed by atoms with van der Waals surface area (Å²) < 4.78 is 18.0. The molecule has 5 atom stereocenters. The van der Waals surface area contributed by atoms with Crippen molar-refractivity contribution in [2.24, 2.45) is 17.8 Å². The number of methoxy groups -OCH3 is 1. The van der Waals surface area contributed by atoms with Gasteiger partial charge in [-0.25, -0.2) is 0 Å². The van der Waals surface area contributed by atoms with Crippen molar-refractivity contribution < 1.29 is 18.7 Å². The highest BCUT2D eigenvalue weighted by Crippen LogP contribution is 2.48. The Labute approximate surface area is 216 Å². The van der Waals surface area contributed by atoms with Gasteiger partial charge < -0.3 is 18.7 Å². The van der Waals surface area contributed by atoms with Crippen LogP contribution in [0.15, 0.2) is 54.3 Å². The van der Waals surface area contributed by atoms with Gasteiger partial charge in [0.05, 0.1) is 12.4 Å². The molecule has 1 saturated carbocycles. The van der Waals surface area contributed by atoms with Crippen LogP contribution in [0.3, 0.4) is 0 Å². The number of hydrogen-bond acceptors (Lipinski definition) is 4. The third kappa shape index (κ3) is 7.90. The lowest BCUT2D eigenvalue weighted by Gasteiger charge is -2.37. The topological polar surface area (TPSA) is 47.9 Å². The minimum atomic E-state index is -2.30. The van der Waals surface area contributed by atoms with Crippen LogP contribution in [0.2, 0.25) is 37.8 Å². The van der Waals surface area contributed by atoms with Gasteiger partial charge in [-0.1, -0.05) is 56.3 Å². The van der Waals surface area contributed by atoms with Gasteiger partial charge in [0.25, 0.3) is 0 Å². The molecule has 0 amide bonds. The Morgan fingerprint density at radius 3 is 2.43 bits per heavy atom. The minimum Gasteiger partial charge on any atom is -0.550 e. The van der Waals surface area contributed by atoms with Gasteiger partial charge in [-0.15, -0.1) is 0 Å². The molecule has 1 heterocycles. The van der Waals surface area contributed by atoms with Crippen LogP contribution >= 0.6 is 0 Å². The molecule has 1 aliphatic carbocycles. The molecule has 6 heteroatoms. The Hall–Kier alpha value is -1.19. The summed E-state index contributed by atoms with van der Waals surface area (Å²) >= 11 is 0. The molecule has 2 fully saturated rings. The number of ether oxygens (including phenoxy) is 2. The maximum Gasteiger partial charge on any atom is 0.241 e. The summed E-state index contributed by atoms with van der Waals surface area (Å²) in [5, 5.41) is -0.0614. The van der Waals surface area contributed by atoms with Gasteiger partial charge in [0.15, 0.2) is 14.6 Å². The molecule has 0 spiro atoms. The van der Waals surface area contributed by atoms with Crippen LogP contribution in [-0.2, 0) is 20.3 Å². The molecule has 1 N–H and O–H groups in total. The molecule has 1 aliphatic heterocycles. The van der Waals surface area contributed by atoms with E-state index < -0.39 is 16.6 Å². The Morgan fingerprint density at radius 1 is 1.14 bits per heavy atom. The standard InChI is InChI=1S/C29H48O4Si2/c1-29(2,35(7,8)30)20-23(15-14-22-12-10-9-11-13-22)16-17-25-24(21-32-34(4,5)6)18-27-26(25)19-28(31-3)33-27/h9-13,16-17,21,23,25-28,30H,14-15,18-20H2,1-8H3/b17-16+,24-21?/t23-,25-,26+,27-,28?/m0/s1. The third-order valence-corrected chi connectivity index (χ3v) is 12.4. The summed E-state index contributed by atoms with van der Waals surface area (Å²) in [7, 11) is -2.20. The molecule has 0 aromatic heterocycles. The third-order valence-electron chi connectivity index (χ3n) is 8.09. The average molecular weight is 517 g/mol. The molecule has 1 aromatic rings. The van der Waals surface area contributed by atoms with Crippen LogP contribution in [0.4, 0.5) is 0 Å². The highest BCUT2D eigenvalue weighted by Gasteiger charge is 2.46. The van der Waals surface area contributed by atoms with Crippen LogP contribution < -0.4 is 0 Å². The van der Waals surface area contributed by atoms with Crippen molar-refractivity contribution in [3.05, 3.63) is 59.9 Å². The second-order valence-corrected chi connectivity index (χ2v) is 21.6. The van der Waals surface area contributed by atoms with Gasteiger partial charge in [-0.2, -0.15) is 0 Å². The van der Waals surface area contributed by atoms with E-state index in [1.807, 2.05) is 0 Å². The van der Waals surface area contributed by atoms with Crippen LogP contribution in [0.1, 0.15) is 45.1 Å². The van der Waals surface area contributed by atoms with Crippen molar-refractivity contribution in [1.82, 2.24) is 0 Å². The van der Waals surface area contributed by atoms with Gasteiger partial charge in [0.1, 0.15) is 0 Å². The normalized spacial score (nSPS) is 27.5. The molecule has 3 rings (SSSR count). The monoisotopic (exact) mass is 516 g/mol. The lowest BCUT2D eigenvalue weighted by atomic mass is 9.86. The molecule has 1 aromatic carbocycles. The van der Waals surface area contributed by atoms with E-state index in [9.17, 15) is 4.80 Å². The maximum atomic E-state index is 11.0. The van der Waals surface area contributed by atoms with E-state index in [2.05, 4.69) is 95.3 Å². The van der Waals surface area contributed by atoms with Crippen molar-refractivity contribution in [2.75, 3.05) is 7.11 Å². The fourth-order valence-electron chi connectivity index (χ4n) is 5.19. The molecular formula is C29H48O4Si2. The fourth-order valence-corrected chi connectivity index (χ4v) is 6.46. The number of fused-ring (bicyclic) bond motifs is 1. The lowest BCUT2D eigenvalue weighted by Crippen LogP contribution is -2.40. The van der Waals surface area contributed by atoms with E-state index in [1.165, 1.54) is 11.1 Å². The maximum absolute atomic E-state index is 11.0. The first kappa shape index (κ1) is 28.4. The lowest BCUT2D eigenvalue weighted by molar-refractivity contribution is -0.113. The van der Waals surface area contributed by atoms with Gasteiger partial charge in [0, 0.05) is 25.4 Å². The largest absolute Gasteiger partial charge is 0.550 e. The molecule has 35 heavy (non-hydrogen) atoms. The minimum absolute atomic E-state index is 0.0614. The molecule has 196 valence electrons. The molecule has 1 unspecified atom stereocenters. The highest BCUT2D eigenvalue weighted by molar-refractivity contribution is 6.72. The first-order valence-corrected chi connectivity index (χ1v) is 19.6. The Morgan fingerprint density at radius 2 is 1.83 bits per heavy atom. The van der Waals surface area contributed by atoms with Crippen molar-refractivity contribution in [1.29, 1.82) is 0 Å². The first-order chi connectivity index (χ1) is 16.3. The van der Waals surface area contributed by atoms with E-state index >= 15 is 0 Å². The molecule has 1 saturated heterocycles. The fraction of sp³-hybridized carbons (Fsp3) is 0.655. The number of aryl methyl sites for hydroxylation is 1. The zero-order valence-corrected chi connectivity index (χ0v) is 25.2. The van der Waals surface area contributed by atoms with Crippen molar-refractivity contribution >= 4 is 16.6 Å². The van der Waals surface area contributed by atoms with Gasteiger partial charge in [-0.3, -0.25) is 0 Å². The number of allylic oxidation sites excluding steroid dienone is 2. The van der Waals surface area contributed by atoms with E-state index in [-0.39, 0.29) is 17.4 Å². The zero-order chi connectivity index (χ0) is 25.9. The van der Waals surface area contributed by atoms with Gasteiger partial charge in [-0.05, 0) is 80.5 Å². The quantitative estimate of drug-likeness (QED) is 0.190. The summed E-state index contributed by atoms with van der Waals surface area (Å²) in [4.78, 5) is 11.0. The van der Waals surface area contributed by atoms with Crippen LogP contribution in [0.5, 0.6) is 0 Å². The average Bonchev–Trinajstić information content (AvgIpc) is 3.31. The zero-order valence-electron chi connectivity index (χ0n) is 23.2. The predicted molar refractivity (Wildman–Crippen MR) is 150 cm³/mol. The number of hydrogen-bond donors (Lipinski definition) is 1. The Kier molecular flexibility index (Phi) is 9.30. The van der Waals surface area contributed by atoms with E-state index in [0.29, 0.717) is 17.8 Å². The second kappa shape index (κ2) is 11.5. The predicted octanol–water partition coefficient (Wildman–Crippen LogP) is 7.29. The summed E-state index contributed by atoms with van der Waals surface area (Å²) in [6, 6.07) is 10.7. The first-order valence-electron chi connectivity index (χ1n) is 13.3. The Bertz CT molecular complexity index is 867. The Balaban J connectivity index is 1.83. The summed E-state index contributed by atoms with van der Waals surface area (Å²) in [6.07, 6.45) is 12.0. The van der Waals surface area contributed by atoms with Gasteiger partial charge in [0.2, 0.25) is 8.32 Å². The smallest absolute Gasteiger partial charge is 0.241 e. The van der Waals surface area contributed by atoms with E-state index in [0.717, 1.165) is 32.1 Å². The number of rotatable bonds is 11. The van der Waals surface area contributed by atoms with E-state index in [4.69, 9.17) is 13.9 Å². The van der Waals surface area contributed by atoms with Crippen LogP contribution in [-0.4, -0.2) is 40.9 Å². The van der Waals surface area contributed by atoms with Crippen molar-refractivity contribution in [2.45, 2.75) is 96.1 Å². The molecule has 4 nitrogen and oxygen atoms in total. The van der Waals surface area contributed by atoms with Crippen LogP contribution in [0.25, 0.3) is 0 Å². The van der Waals surface area contributed by atoms with Gasteiger partial charge >= 0.3 is 0 Å². The summed E-state index contributed by atoms with van der Waals surface area (Å²) in [5.74, 6) is 1.15. The van der Waals surface area contributed by atoms with E-state index in [1.54, 1.807) is 7.11 Å². The summed E-state index contributed by atoms with van der Waals surface area (Å²) in [6.45, 7) is 15.3. The molecule has 0 radical (unpaired) electrons. The highest BCUT2D eigenvalue weighted by atomic mass is 28.4. The molecule has 0 bridgehead atoms. The van der Waals surface area contributed by atoms with Crippen molar-refractivity contribution in [3.8, 4) is 0 Å².